The average molecular weight is 412 g/mol. The molecule has 2 aliphatic heterocycles. The molecule has 0 aromatic heterocycles. The van der Waals surface area contributed by atoms with Gasteiger partial charge in [0.25, 0.3) is 0 Å². The van der Waals surface area contributed by atoms with E-state index in [1.807, 2.05) is 0 Å². The zero-order valence-electron chi connectivity index (χ0n) is 12.8. The van der Waals surface area contributed by atoms with Gasteiger partial charge >= 0.3 is 0 Å². The number of likely N-dealkylation sites (N-methyl/N-ethyl adjacent to an activating group) is 1. The van der Waals surface area contributed by atoms with Crippen LogP contribution in [-0.2, 0) is 22.5 Å². The van der Waals surface area contributed by atoms with Gasteiger partial charge in [0, 0.05) is 12.0 Å². The number of fused-ring (bicyclic) bond motifs is 1. The van der Waals surface area contributed by atoms with Crippen LogP contribution in [0.1, 0.15) is 17.5 Å². The minimum atomic E-state index is 0. The quantitative estimate of drug-likeness (QED) is 0.353. The molecular formula is C17H21IN2O2. The third kappa shape index (κ3) is 4.37. The summed E-state index contributed by atoms with van der Waals surface area (Å²) in [6, 6.07) is 8.72. The lowest BCUT2D eigenvalue weighted by Crippen LogP contribution is -3.00. The summed E-state index contributed by atoms with van der Waals surface area (Å²) < 4.78 is 6.41. The summed E-state index contributed by atoms with van der Waals surface area (Å²) in [6.07, 6.45) is 1.89. The lowest BCUT2D eigenvalue weighted by Gasteiger charge is -2.37. The van der Waals surface area contributed by atoms with Gasteiger partial charge in [-0.2, -0.15) is 0 Å². The molecule has 1 aromatic rings. The minimum absolute atomic E-state index is 0. The molecule has 4 nitrogen and oxygen atoms in total. The molecular weight excluding hydrogens is 391 g/mol. The van der Waals surface area contributed by atoms with Crippen LogP contribution in [0.15, 0.2) is 29.4 Å². The van der Waals surface area contributed by atoms with Crippen molar-refractivity contribution in [1.29, 1.82) is 0 Å². The first kappa shape index (κ1) is 17.1. The highest BCUT2D eigenvalue weighted by atomic mass is 127. The second-order valence-corrected chi connectivity index (χ2v) is 5.89. The van der Waals surface area contributed by atoms with Gasteiger partial charge in [0.1, 0.15) is 19.7 Å². The Bertz CT molecular complexity index is 606. The summed E-state index contributed by atoms with van der Waals surface area (Å²) in [5.74, 6) is 7.00. The van der Waals surface area contributed by atoms with Crippen molar-refractivity contribution < 1.29 is 38.0 Å². The average Bonchev–Trinajstić information content (AvgIpc) is 3.00. The molecule has 3 rings (SSSR count). The van der Waals surface area contributed by atoms with Crippen molar-refractivity contribution >= 4 is 5.90 Å². The third-order valence-corrected chi connectivity index (χ3v) is 4.06. The highest BCUT2D eigenvalue weighted by molar-refractivity contribution is 5.76. The Morgan fingerprint density at radius 1 is 1.23 bits per heavy atom. The largest absolute Gasteiger partial charge is 1.00 e. The maximum absolute atomic E-state index is 5.43. The van der Waals surface area contributed by atoms with Crippen LogP contribution >= 0.6 is 0 Å². The Hall–Kier alpha value is -1.26. The van der Waals surface area contributed by atoms with Crippen LogP contribution in [0, 0.1) is 11.8 Å². The number of ether oxygens (including phenoxy) is 1. The molecule has 1 atom stereocenters. The van der Waals surface area contributed by atoms with E-state index < -0.39 is 0 Å². The third-order valence-electron chi connectivity index (χ3n) is 4.06. The Labute approximate surface area is 149 Å². The summed E-state index contributed by atoms with van der Waals surface area (Å²) in [5, 5.41) is 3.78. The fourth-order valence-corrected chi connectivity index (χ4v) is 2.78. The molecule has 0 amide bonds. The van der Waals surface area contributed by atoms with Crippen LogP contribution < -0.4 is 24.0 Å². The number of hydrogen-bond acceptors (Lipinski definition) is 3. The van der Waals surface area contributed by atoms with E-state index in [0.717, 1.165) is 37.0 Å². The fraction of sp³-hybridized carbons (Fsp3) is 0.471. The van der Waals surface area contributed by atoms with Crippen LogP contribution in [0.5, 0.6) is 0 Å². The molecule has 1 unspecified atom stereocenters. The molecule has 0 saturated carbocycles. The van der Waals surface area contributed by atoms with Gasteiger partial charge in [0.2, 0.25) is 5.90 Å². The SMILES string of the molecule is C[N+]1(CC#CCOC2=NOCC2)CCc2ccccc2C1.[I-]. The Morgan fingerprint density at radius 2 is 2.05 bits per heavy atom. The van der Waals surface area contributed by atoms with E-state index in [0.29, 0.717) is 19.1 Å². The second kappa shape index (κ2) is 7.84. The fourth-order valence-electron chi connectivity index (χ4n) is 2.78. The van der Waals surface area contributed by atoms with Crippen molar-refractivity contribution in [2.24, 2.45) is 5.16 Å². The van der Waals surface area contributed by atoms with Gasteiger partial charge in [0.15, 0.2) is 6.61 Å². The van der Waals surface area contributed by atoms with E-state index in [1.165, 1.54) is 11.1 Å². The van der Waals surface area contributed by atoms with Crippen LogP contribution in [-0.4, -0.2) is 43.7 Å². The maximum atomic E-state index is 5.43. The van der Waals surface area contributed by atoms with Crippen LogP contribution in [0.4, 0.5) is 0 Å². The van der Waals surface area contributed by atoms with E-state index in [4.69, 9.17) is 9.57 Å². The number of nitrogens with zero attached hydrogens (tertiary/aromatic N) is 2. The lowest BCUT2D eigenvalue weighted by molar-refractivity contribution is -0.917. The van der Waals surface area contributed by atoms with E-state index in [-0.39, 0.29) is 24.0 Å². The number of quaternary nitrogens is 1. The van der Waals surface area contributed by atoms with E-state index in [9.17, 15) is 0 Å². The number of hydrogen-bond donors (Lipinski definition) is 0. The molecule has 2 aliphatic rings. The molecule has 0 spiro atoms. The summed E-state index contributed by atoms with van der Waals surface area (Å²) >= 11 is 0. The minimum Gasteiger partial charge on any atom is -1.00 e. The molecule has 1 aromatic carbocycles. The van der Waals surface area contributed by atoms with Gasteiger partial charge in [-0.1, -0.05) is 35.3 Å². The van der Waals surface area contributed by atoms with Crippen LogP contribution in [0.2, 0.25) is 0 Å². The number of rotatable bonds is 2. The number of oxime groups is 1. The number of benzene rings is 1. The first-order valence-corrected chi connectivity index (χ1v) is 7.43. The molecule has 2 heterocycles. The molecule has 0 radical (unpaired) electrons. The van der Waals surface area contributed by atoms with Gasteiger partial charge in [0.05, 0.1) is 20.0 Å². The van der Waals surface area contributed by atoms with Crippen LogP contribution in [0.3, 0.4) is 0 Å². The molecule has 0 saturated heterocycles. The van der Waals surface area contributed by atoms with Gasteiger partial charge < -0.3 is 38.0 Å². The summed E-state index contributed by atoms with van der Waals surface area (Å²) in [7, 11) is 2.28. The smallest absolute Gasteiger partial charge is 0.230 e. The van der Waals surface area contributed by atoms with Gasteiger partial charge in [-0.15, -0.1) is 0 Å². The van der Waals surface area contributed by atoms with Gasteiger partial charge in [-0.3, -0.25) is 0 Å². The normalized spacial score (nSPS) is 22.3. The molecule has 5 heteroatoms. The Morgan fingerprint density at radius 3 is 2.82 bits per heavy atom. The van der Waals surface area contributed by atoms with Crippen molar-refractivity contribution in [3.8, 4) is 11.8 Å². The Kier molecular flexibility index (Phi) is 6.09. The zero-order valence-corrected chi connectivity index (χ0v) is 15.0. The molecule has 0 N–H and O–H groups in total. The van der Waals surface area contributed by atoms with Crippen molar-refractivity contribution in [3.05, 3.63) is 35.4 Å². The van der Waals surface area contributed by atoms with E-state index >= 15 is 0 Å². The maximum Gasteiger partial charge on any atom is 0.230 e. The molecule has 0 aliphatic carbocycles. The molecule has 22 heavy (non-hydrogen) atoms. The van der Waals surface area contributed by atoms with Crippen molar-refractivity contribution in [1.82, 2.24) is 0 Å². The highest BCUT2D eigenvalue weighted by Crippen LogP contribution is 2.22. The monoisotopic (exact) mass is 412 g/mol. The highest BCUT2D eigenvalue weighted by Gasteiger charge is 2.27. The van der Waals surface area contributed by atoms with Crippen molar-refractivity contribution in [2.45, 2.75) is 19.4 Å². The predicted molar refractivity (Wildman–Crippen MR) is 81.5 cm³/mol. The topological polar surface area (TPSA) is 30.8 Å². The Balaban J connectivity index is 0.00000176. The van der Waals surface area contributed by atoms with Crippen LogP contribution in [0.25, 0.3) is 0 Å². The van der Waals surface area contributed by atoms with E-state index in [1.54, 1.807) is 0 Å². The predicted octanol–water partition coefficient (Wildman–Crippen LogP) is -1.05. The van der Waals surface area contributed by atoms with Crippen molar-refractivity contribution in [2.75, 3.05) is 33.4 Å². The zero-order chi connectivity index (χ0) is 14.5. The van der Waals surface area contributed by atoms with E-state index in [2.05, 4.69) is 48.3 Å². The molecule has 118 valence electrons. The second-order valence-electron chi connectivity index (χ2n) is 5.89. The summed E-state index contributed by atoms with van der Waals surface area (Å²) in [5.41, 5.74) is 2.95. The molecule has 0 fully saturated rings. The first-order chi connectivity index (χ1) is 10.3. The lowest BCUT2D eigenvalue weighted by atomic mass is 9.98. The first-order valence-electron chi connectivity index (χ1n) is 7.43. The summed E-state index contributed by atoms with van der Waals surface area (Å²) in [4.78, 5) is 4.87. The molecule has 0 bridgehead atoms. The standard InChI is InChI=1S/C17H21N2O2.HI/c1-19(10-4-5-12-20-17-9-13-21-18-17)11-8-15-6-2-3-7-16(15)14-19;/h2-3,6-7H,8-14H2,1H3;1H/q+1;/p-1. The van der Waals surface area contributed by atoms with Gasteiger partial charge in [-0.25, -0.2) is 0 Å². The van der Waals surface area contributed by atoms with Crippen molar-refractivity contribution in [3.63, 3.8) is 0 Å². The summed E-state index contributed by atoms with van der Waals surface area (Å²) in [6.45, 7) is 4.09. The van der Waals surface area contributed by atoms with Gasteiger partial charge in [-0.05, 0) is 11.5 Å². The number of halogens is 1.